The Bertz CT molecular complexity index is 917. The lowest BCUT2D eigenvalue weighted by atomic mass is 10.2. The van der Waals surface area contributed by atoms with E-state index in [4.69, 9.17) is 4.74 Å². The fourth-order valence-corrected chi connectivity index (χ4v) is 3.49. The van der Waals surface area contributed by atoms with Gasteiger partial charge in [0.05, 0.1) is 18.7 Å². The molecule has 8 nitrogen and oxygen atoms in total. The van der Waals surface area contributed by atoms with E-state index in [0.717, 1.165) is 11.4 Å². The van der Waals surface area contributed by atoms with Crippen LogP contribution >= 0.6 is 0 Å². The number of pyridine rings is 1. The van der Waals surface area contributed by atoms with Gasteiger partial charge in [0, 0.05) is 46.0 Å². The number of benzene rings is 1. The van der Waals surface area contributed by atoms with Crippen molar-refractivity contribution in [1.29, 1.82) is 0 Å². The van der Waals surface area contributed by atoms with Gasteiger partial charge >= 0.3 is 12.6 Å². The molecule has 2 aromatic rings. The third-order valence-electron chi connectivity index (χ3n) is 5.31. The van der Waals surface area contributed by atoms with Crippen LogP contribution in [0.1, 0.15) is 22.8 Å². The molecule has 0 saturated carbocycles. The van der Waals surface area contributed by atoms with Gasteiger partial charge in [-0.25, -0.2) is 9.78 Å². The van der Waals surface area contributed by atoms with E-state index in [1.165, 1.54) is 18.3 Å². The number of aromatic nitrogens is 1. The molecule has 0 bridgehead atoms. The zero-order chi connectivity index (χ0) is 23.8. The predicted molar refractivity (Wildman–Crippen MR) is 118 cm³/mol. The zero-order valence-corrected chi connectivity index (χ0v) is 18.7. The molecule has 1 aromatic carbocycles. The lowest BCUT2D eigenvalue weighted by Crippen LogP contribution is -2.49. The summed E-state index contributed by atoms with van der Waals surface area (Å²) < 4.78 is 33.8. The highest BCUT2D eigenvalue weighted by molar-refractivity contribution is 5.89. The van der Waals surface area contributed by atoms with Gasteiger partial charge in [-0.3, -0.25) is 9.69 Å². The van der Waals surface area contributed by atoms with E-state index in [0.29, 0.717) is 51.4 Å². The maximum absolute atomic E-state index is 12.6. The third-order valence-corrected chi connectivity index (χ3v) is 5.31. The topological polar surface area (TPSA) is 75.2 Å². The van der Waals surface area contributed by atoms with Crippen LogP contribution < -0.4 is 9.64 Å². The van der Waals surface area contributed by atoms with E-state index >= 15 is 0 Å². The van der Waals surface area contributed by atoms with Crippen molar-refractivity contribution < 1.29 is 27.8 Å². The fourth-order valence-electron chi connectivity index (χ4n) is 3.49. The smallest absolute Gasteiger partial charge is 0.387 e. The van der Waals surface area contributed by atoms with Gasteiger partial charge in [-0.05, 0) is 36.8 Å². The number of alkyl halides is 2. The zero-order valence-electron chi connectivity index (χ0n) is 18.7. The van der Waals surface area contributed by atoms with Crippen LogP contribution in [-0.4, -0.2) is 79.7 Å². The Morgan fingerprint density at radius 1 is 1.09 bits per heavy atom. The van der Waals surface area contributed by atoms with Gasteiger partial charge in [-0.15, -0.1) is 0 Å². The van der Waals surface area contributed by atoms with Gasteiger partial charge in [0.25, 0.3) is 0 Å². The molecule has 1 aliphatic rings. The normalized spacial score (nSPS) is 14.3. The molecular weight excluding hydrogens is 434 g/mol. The van der Waals surface area contributed by atoms with Crippen LogP contribution in [0.25, 0.3) is 0 Å². The summed E-state index contributed by atoms with van der Waals surface area (Å²) in [5.41, 5.74) is 1.25. The number of esters is 1. The first kappa shape index (κ1) is 24.4. The average Bonchev–Trinajstić information content (AvgIpc) is 2.81. The van der Waals surface area contributed by atoms with E-state index in [1.54, 1.807) is 43.1 Å². The van der Waals surface area contributed by atoms with Gasteiger partial charge in [0.1, 0.15) is 11.6 Å². The summed E-state index contributed by atoms with van der Waals surface area (Å²) in [6.45, 7) is 2.74. The maximum Gasteiger partial charge on any atom is 0.387 e. The Labute approximate surface area is 191 Å². The van der Waals surface area contributed by atoms with Gasteiger partial charge in [-0.1, -0.05) is 12.1 Å². The number of piperazine rings is 1. The van der Waals surface area contributed by atoms with Crippen LogP contribution in [0.5, 0.6) is 5.75 Å². The lowest BCUT2D eigenvalue weighted by Gasteiger charge is -2.35. The molecule has 1 saturated heterocycles. The number of anilines is 1. The lowest BCUT2D eigenvalue weighted by molar-refractivity contribution is -0.131. The Kier molecular flexibility index (Phi) is 8.53. The molecule has 3 rings (SSSR count). The predicted octanol–water partition coefficient (Wildman–Crippen LogP) is 2.64. The van der Waals surface area contributed by atoms with Crippen LogP contribution in [0, 0.1) is 0 Å². The van der Waals surface area contributed by atoms with Crippen molar-refractivity contribution >= 4 is 17.7 Å². The molecule has 0 aliphatic carbocycles. The first-order valence-electron chi connectivity index (χ1n) is 10.7. The van der Waals surface area contributed by atoms with E-state index in [-0.39, 0.29) is 17.6 Å². The van der Waals surface area contributed by atoms with Crippen LogP contribution in [0.4, 0.5) is 14.6 Å². The number of carbonyl (C=O) groups excluding carboxylic acids is 2. The van der Waals surface area contributed by atoms with Crippen molar-refractivity contribution in [2.75, 3.05) is 51.3 Å². The van der Waals surface area contributed by atoms with Crippen molar-refractivity contribution in [2.24, 2.45) is 0 Å². The summed E-state index contributed by atoms with van der Waals surface area (Å²) in [7, 11) is 1.72. The molecule has 0 spiro atoms. The van der Waals surface area contributed by atoms with E-state index in [2.05, 4.69) is 19.5 Å². The average molecular weight is 462 g/mol. The number of likely N-dealkylation sites (N-methyl/N-ethyl adjacent to an activating group) is 1. The summed E-state index contributed by atoms with van der Waals surface area (Å²) in [5.74, 6) is 0.464. The third kappa shape index (κ3) is 7.11. The van der Waals surface area contributed by atoms with Crippen molar-refractivity contribution in [3.05, 3.63) is 53.7 Å². The number of carbonyl (C=O) groups is 2. The second-order valence-electron chi connectivity index (χ2n) is 7.66. The molecule has 0 unspecified atom stereocenters. The number of nitrogens with zero attached hydrogens (tertiary/aromatic N) is 4. The number of hydrogen-bond donors (Lipinski definition) is 0. The molecule has 33 heavy (non-hydrogen) atoms. The highest BCUT2D eigenvalue weighted by Gasteiger charge is 2.21. The van der Waals surface area contributed by atoms with Gasteiger partial charge in [-0.2, -0.15) is 8.78 Å². The van der Waals surface area contributed by atoms with E-state index in [1.807, 2.05) is 0 Å². The molecule has 10 heteroatoms. The van der Waals surface area contributed by atoms with Crippen molar-refractivity contribution in [2.45, 2.75) is 20.1 Å². The summed E-state index contributed by atoms with van der Waals surface area (Å²) in [4.78, 5) is 34.6. The SMILES string of the molecule is CCOC(=O)c1ccc(N2CCN(CC(=O)N(C)Cc3ccc(OC(F)F)cc3)CC2)nc1. The Morgan fingerprint density at radius 3 is 2.36 bits per heavy atom. The van der Waals surface area contributed by atoms with Crippen LogP contribution in [0.3, 0.4) is 0 Å². The molecular formula is C23H28F2N4O4. The molecule has 0 N–H and O–H groups in total. The summed E-state index contributed by atoms with van der Waals surface area (Å²) >= 11 is 0. The first-order valence-corrected chi connectivity index (χ1v) is 10.7. The Balaban J connectivity index is 1.44. The van der Waals surface area contributed by atoms with Crippen molar-refractivity contribution in [1.82, 2.24) is 14.8 Å². The standard InChI is InChI=1S/C23H28F2N4O4/c1-3-32-22(31)18-6-9-20(26-14-18)29-12-10-28(11-13-29)16-21(30)27(2)15-17-4-7-19(8-5-17)33-23(24)25/h4-9,14,23H,3,10-13,15-16H2,1-2H3. The first-order chi connectivity index (χ1) is 15.9. The second kappa shape index (κ2) is 11.6. The number of rotatable bonds is 9. The molecule has 2 heterocycles. The highest BCUT2D eigenvalue weighted by Crippen LogP contribution is 2.17. The molecule has 0 radical (unpaired) electrons. The highest BCUT2D eigenvalue weighted by atomic mass is 19.3. The van der Waals surface area contributed by atoms with Gasteiger partial charge in [0.2, 0.25) is 5.91 Å². The summed E-state index contributed by atoms with van der Waals surface area (Å²) in [6, 6.07) is 9.77. The van der Waals surface area contributed by atoms with Crippen molar-refractivity contribution in [3.8, 4) is 5.75 Å². The van der Waals surface area contributed by atoms with E-state index < -0.39 is 6.61 Å². The minimum absolute atomic E-state index is 0.0201. The van der Waals surface area contributed by atoms with Crippen LogP contribution in [-0.2, 0) is 16.1 Å². The van der Waals surface area contributed by atoms with Gasteiger partial charge < -0.3 is 19.3 Å². The minimum atomic E-state index is -2.86. The number of amides is 1. The van der Waals surface area contributed by atoms with Gasteiger partial charge in [0.15, 0.2) is 0 Å². The number of halogens is 2. The number of hydrogen-bond acceptors (Lipinski definition) is 7. The summed E-state index contributed by atoms with van der Waals surface area (Å²) in [5, 5.41) is 0. The Morgan fingerprint density at radius 2 is 1.79 bits per heavy atom. The molecule has 1 aliphatic heterocycles. The second-order valence-corrected chi connectivity index (χ2v) is 7.66. The van der Waals surface area contributed by atoms with Crippen molar-refractivity contribution in [3.63, 3.8) is 0 Å². The van der Waals surface area contributed by atoms with Crippen LogP contribution in [0.15, 0.2) is 42.6 Å². The maximum atomic E-state index is 12.6. The quantitative estimate of drug-likeness (QED) is 0.531. The monoisotopic (exact) mass is 462 g/mol. The fraction of sp³-hybridized carbons (Fsp3) is 0.435. The minimum Gasteiger partial charge on any atom is -0.462 e. The molecule has 178 valence electrons. The van der Waals surface area contributed by atoms with E-state index in [9.17, 15) is 18.4 Å². The number of ether oxygens (including phenoxy) is 2. The largest absolute Gasteiger partial charge is 0.462 e. The molecule has 1 aromatic heterocycles. The molecule has 1 fully saturated rings. The summed E-state index contributed by atoms with van der Waals surface area (Å²) in [6.07, 6.45) is 1.52. The van der Waals surface area contributed by atoms with Crippen LogP contribution in [0.2, 0.25) is 0 Å². The molecule has 0 atom stereocenters. The Hall–Kier alpha value is -3.27. The molecule has 1 amide bonds.